The van der Waals surface area contributed by atoms with E-state index in [0.29, 0.717) is 118 Å². The number of carbonyl (C=O) groups is 4. The summed E-state index contributed by atoms with van der Waals surface area (Å²) in [5, 5.41) is 24.4. The molecule has 7 N–H and O–H groups in total. The second kappa shape index (κ2) is 20.7. The van der Waals surface area contributed by atoms with Crippen LogP contribution < -0.4 is 21.3 Å². The van der Waals surface area contributed by atoms with Crippen LogP contribution in [-0.2, 0) is 25.8 Å². The number of hydrogen-bond acceptors (Lipinski definition) is 7. The quantitative estimate of drug-likeness (QED) is 0.0747. The molecule has 0 atom stereocenters. The summed E-state index contributed by atoms with van der Waals surface area (Å²) in [5.74, 6) is -0.724. The predicted molar refractivity (Wildman–Crippen MR) is 319 cm³/mol. The van der Waals surface area contributed by atoms with Gasteiger partial charge in [-0.15, -0.1) is 0 Å². The Morgan fingerprint density at radius 1 is 0.397 bits per heavy atom. The summed E-state index contributed by atoms with van der Waals surface area (Å²) in [6, 6.07) is 36.2. The van der Waals surface area contributed by atoms with Crippen molar-refractivity contribution >= 4 is 92.7 Å². The summed E-state index contributed by atoms with van der Waals surface area (Å²) in [5.41, 5.74) is 9.68. The maximum Gasteiger partial charge on any atom is 0.229 e. The van der Waals surface area contributed by atoms with Crippen LogP contribution in [0.2, 0.25) is 0 Å². The third-order valence-corrected chi connectivity index (χ3v) is 13.6. The van der Waals surface area contributed by atoms with Gasteiger partial charge < -0.3 is 36.3 Å². The van der Waals surface area contributed by atoms with Crippen LogP contribution in [0.25, 0.3) is 90.9 Å². The van der Waals surface area contributed by atoms with Gasteiger partial charge in [-0.05, 0) is 66.8 Å². The molecule has 13 heteroatoms. The number of amides is 4. The Morgan fingerprint density at radius 2 is 0.679 bits per heavy atom. The number of nitrogens with one attached hydrogen (secondary N) is 6. The lowest BCUT2D eigenvalue weighted by molar-refractivity contribution is -0.123. The second-order valence-corrected chi connectivity index (χ2v) is 24.0. The smallest absolute Gasteiger partial charge is 0.229 e. The molecule has 7 aromatic rings. The normalized spacial score (nSPS) is 12.6. The van der Waals surface area contributed by atoms with Crippen molar-refractivity contribution in [2.75, 3.05) is 21.3 Å². The zero-order chi connectivity index (χ0) is 56.1. The van der Waals surface area contributed by atoms with Crippen molar-refractivity contribution in [3.8, 4) is 44.5 Å². The lowest BCUT2D eigenvalue weighted by Gasteiger charge is -2.20. The van der Waals surface area contributed by atoms with Gasteiger partial charge in [-0.25, -0.2) is 9.97 Å². The number of fused-ring (bicyclic) bond motifs is 8. The van der Waals surface area contributed by atoms with Crippen LogP contribution in [0.15, 0.2) is 115 Å². The van der Waals surface area contributed by atoms with Crippen LogP contribution in [0.3, 0.4) is 0 Å². The number of H-pyrrole nitrogens is 2. The van der Waals surface area contributed by atoms with Gasteiger partial charge in [-0.2, -0.15) is 0 Å². The van der Waals surface area contributed by atoms with Crippen molar-refractivity contribution in [3.63, 3.8) is 0 Å². The number of benzene rings is 4. The number of carbonyl (C=O) groups excluding carboxylic acids is 4. The summed E-state index contributed by atoms with van der Waals surface area (Å²) in [7, 11) is 0. The van der Waals surface area contributed by atoms with E-state index >= 15 is 0 Å². The molecule has 2 aliphatic heterocycles. The number of aromatic amines is 2. The van der Waals surface area contributed by atoms with Gasteiger partial charge in [-0.1, -0.05) is 156 Å². The third kappa shape index (κ3) is 11.0. The van der Waals surface area contributed by atoms with Crippen molar-refractivity contribution in [1.29, 1.82) is 0 Å². The molecule has 4 amide bonds. The van der Waals surface area contributed by atoms with Gasteiger partial charge in [0.15, 0.2) is 0 Å². The minimum absolute atomic E-state index is 0.170. The first-order chi connectivity index (χ1) is 36.8. The van der Waals surface area contributed by atoms with E-state index in [1.807, 2.05) is 223 Å². The summed E-state index contributed by atoms with van der Waals surface area (Å²) < 4.78 is 0. The van der Waals surface area contributed by atoms with Crippen LogP contribution in [0, 0.1) is 21.7 Å². The van der Waals surface area contributed by atoms with Crippen LogP contribution in [0.4, 0.5) is 22.7 Å². The first kappa shape index (κ1) is 54.1. The molecule has 0 saturated carbocycles. The molecule has 0 saturated heterocycles. The molecule has 0 spiro atoms. The number of rotatable bonds is 9. The average Bonchev–Trinajstić information content (AvgIpc) is 4.25. The topological polar surface area (TPSA) is 194 Å². The zero-order valence-electron chi connectivity index (χ0n) is 46.5. The van der Waals surface area contributed by atoms with Gasteiger partial charge in [0, 0.05) is 111 Å². The van der Waals surface area contributed by atoms with Crippen molar-refractivity contribution in [2.24, 2.45) is 21.7 Å². The minimum atomic E-state index is -0.737. The fraction of sp³-hybridized carbons (Fsp3) is 0.262. The highest BCUT2D eigenvalue weighted by Crippen LogP contribution is 2.44. The standard InChI is InChI=1S/C65H68N8O5/c1-62(2,3)58(75)70-42-25-17-13-21-38(42)53-46-29-30-47(66-46)54(39-22-14-18-26-43(39)71-59(76)63(4,5)6)49-33-34-51(68-49)56(41-24-16-20-28-45(41)73-61(78)65(10,11)12)57-37(36-74)35-52(69-57)55(50-32-31-48(53)67-50)40-23-15-19-27-44(40)72-60(77)64(7,8)9/h13-35,66,69,74H,36H2,1-12H3,(H,70,75)(H,71,76)(H,72,77)(H,73,78). The second-order valence-electron chi connectivity index (χ2n) is 24.0. The fourth-order valence-corrected chi connectivity index (χ4v) is 9.09. The molecule has 3 aromatic heterocycles. The molecule has 78 heavy (non-hydrogen) atoms. The van der Waals surface area contributed by atoms with Crippen LogP contribution >= 0.6 is 0 Å². The molecule has 8 bridgehead atoms. The molecule has 0 fully saturated rings. The Morgan fingerprint density at radius 3 is 0.987 bits per heavy atom. The SMILES string of the molecule is CC(C)(C)C(=O)Nc1ccccc1-c1c2nc(c(-c3ccccc3NC(=O)C(C)(C)C)c3cc(CO)c([nH]3)c(-c3ccccc3NC(=O)C(C)(C)C)c3nc(c(-c4ccccc4NC(=O)C(C)(C)C)c4ccc1[nH]4)C=C3)C=C2. The Kier molecular flexibility index (Phi) is 14.4. The highest BCUT2D eigenvalue weighted by atomic mass is 16.3. The number of aliphatic hydroxyl groups excluding tert-OH is 1. The van der Waals surface area contributed by atoms with Gasteiger partial charge in [0.1, 0.15) is 0 Å². The molecule has 0 aliphatic carbocycles. The Hall–Kier alpha value is -8.68. The fourth-order valence-electron chi connectivity index (χ4n) is 9.09. The number of para-hydroxylation sites is 4. The van der Waals surface area contributed by atoms with Gasteiger partial charge in [0.05, 0.1) is 34.9 Å². The van der Waals surface area contributed by atoms with Gasteiger partial charge >= 0.3 is 0 Å². The van der Waals surface area contributed by atoms with Crippen molar-refractivity contribution in [1.82, 2.24) is 19.9 Å². The van der Waals surface area contributed by atoms with E-state index in [9.17, 15) is 24.3 Å². The Labute approximate surface area is 455 Å². The molecule has 398 valence electrons. The Balaban J connectivity index is 1.50. The highest BCUT2D eigenvalue weighted by molar-refractivity contribution is 6.09. The lowest BCUT2D eigenvalue weighted by Crippen LogP contribution is -2.27. The summed E-state index contributed by atoms with van der Waals surface area (Å²) in [6.07, 6.45) is 7.73. The molecular formula is C65H68N8O5. The predicted octanol–water partition coefficient (Wildman–Crippen LogP) is 14.8. The van der Waals surface area contributed by atoms with E-state index in [2.05, 4.69) is 31.2 Å². The number of nitrogens with zero attached hydrogens (tertiary/aromatic N) is 2. The zero-order valence-corrected chi connectivity index (χ0v) is 46.5. The van der Waals surface area contributed by atoms with Gasteiger partial charge in [0.25, 0.3) is 0 Å². The Bertz CT molecular complexity index is 3810. The number of anilines is 4. The molecule has 5 heterocycles. The van der Waals surface area contributed by atoms with E-state index in [4.69, 9.17) is 9.97 Å². The van der Waals surface area contributed by atoms with Crippen LogP contribution in [0.5, 0.6) is 0 Å². The van der Waals surface area contributed by atoms with E-state index in [1.165, 1.54) is 0 Å². The first-order valence-electron chi connectivity index (χ1n) is 26.2. The maximum atomic E-state index is 13.9. The van der Waals surface area contributed by atoms with Crippen molar-refractivity contribution < 1.29 is 24.3 Å². The highest BCUT2D eigenvalue weighted by Gasteiger charge is 2.29. The summed E-state index contributed by atoms with van der Waals surface area (Å²) in [6.45, 7) is 21.9. The lowest BCUT2D eigenvalue weighted by atomic mass is 9.94. The molecule has 4 aromatic carbocycles. The van der Waals surface area contributed by atoms with Crippen molar-refractivity contribution in [2.45, 2.75) is 89.7 Å². The number of hydrogen-bond donors (Lipinski definition) is 7. The van der Waals surface area contributed by atoms with Gasteiger partial charge in [0.2, 0.25) is 23.6 Å². The average molecular weight is 1040 g/mol. The number of aliphatic hydroxyl groups is 1. The van der Waals surface area contributed by atoms with Crippen LogP contribution in [-0.4, -0.2) is 48.7 Å². The monoisotopic (exact) mass is 1040 g/mol. The van der Waals surface area contributed by atoms with E-state index in [0.717, 1.165) is 0 Å². The van der Waals surface area contributed by atoms with E-state index in [1.54, 1.807) is 0 Å². The number of aromatic nitrogens is 4. The van der Waals surface area contributed by atoms with E-state index < -0.39 is 28.3 Å². The van der Waals surface area contributed by atoms with E-state index in [-0.39, 0.29) is 23.6 Å². The molecule has 13 nitrogen and oxygen atoms in total. The van der Waals surface area contributed by atoms with Gasteiger partial charge in [-0.3, -0.25) is 19.2 Å². The molecule has 0 unspecified atom stereocenters. The first-order valence-corrected chi connectivity index (χ1v) is 26.2. The largest absolute Gasteiger partial charge is 0.392 e. The van der Waals surface area contributed by atoms with Crippen LogP contribution in [0.1, 0.15) is 111 Å². The summed E-state index contributed by atoms with van der Waals surface area (Å²) in [4.78, 5) is 73.9. The maximum absolute atomic E-state index is 13.9. The molecule has 9 rings (SSSR count). The molecular weight excluding hydrogens is 973 g/mol. The molecule has 2 aliphatic rings. The van der Waals surface area contributed by atoms with Crippen molar-refractivity contribution in [3.05, 3.63) is 144 Å². The summed E-state index contributed by atoms with van der Waals surface area (Å²) >= 11 is 0. The third-order valence-electron chi connectivity index (χ3n) is 13.6. The molecule has 0 radical (unpaired) electrons. The minimum Gasteiger partial charge on any atom is -0.392 e.